The number of carbonyl (C=O) groups excluding carboxylic acids is 2. The highest BCUT2D eigenvalue weighted by atomic mass is 16.5. The Morgan fingerprint density at radius 3 is 2.60 bits per heavy atom. The first-order valence-corrected chi connectivity index (χ1v) is 6.08. The smallest absolute Gasteiger partial charge is 0.263 e. The van der Waals surface area contributed by atoms with Gasteiger partial charge in [-0.25, -0.2) is 4.98 Å². The highest BCUT2D eigenvalue weighted by molar-refractivity contribution is 5.90. The van der Waals surface area contributed by atoms with E-state index in [2.05, 4.69) is 10.3 Å². The normalized spacial score (nSPS) is 9.85. The SMILES string of the molecule is Cc1ccc(NC(=O)COc2ccc(C=O)cc2)nc1. The number of carbonyl (C=O) groups is 2. The second-order valence-corrected chi connectivity index (χ2v) is 4.24. The van der Waals surface area contributed by atoms with Crippen molar-refractivity contribution >= 4 is 18.0 Å². The molecule has 102 valence electrons. The first kappa shape index (κ1) is 13.7. The molecular weight excluding hydrogens is 256 g/mol. The fourth-order valence-corrected chi connectivity index (χ4v) is 1.51. The van der Waals surface area contributed by atoms with E-state index < -0.39 is 0 Å². The third-order valence-corrected chi connectivity index (χ3v) is 2.56. The molecule has 1 heterocycles. The molecule has 0 fully saturated rings. The van der Waals surface area contributed by atoms with E-state index in [-0.39, 0.29) is 12.5 Å². The molecule has 20 heavy (non-hydrogen) atoms. The van der Waals surface area contributed by atoms with Crippen molar-refractivity contribution in [3.05, 3.63) is 53.7 Å². The summed E-state index contributed by atoms with van der Waals surface area (Å²) in [6.45, 7) is 1.81. The predicted molar refractivity (Wildman–Crippen MR) is 74.9 cm³/mol. The van der Waals surface area contributed by atoms with Crippen molar-refractivity contribution in [3.63, 3.8) is 0 Å². The summed E-state index contributed by atoms with van der Waals surface area (Å²) in [7, 11) is 0. The van der Waals surface area contributed by atoms with Gasteiger partial charge in [0.15, 0.2) is 6.61 Å². The molecule has 2 rings (SSSR count). The first-order chi connectivity index (χ1) is 9.67. The van der Waals surface area contributed by atoms with Crippen molar-refractivity contribution < 1.29 is 14.3 Å². The molecule has 0 atom stereocenters. The quantitative estimate of drug-likeness (QED) is 0.846. The van der Waals surface area contributed by atoms with Crippen LogP contribution in [0.1, 0.15) is 15.9 Å². The van der Waals surface area contributed by atoms with Crippen molar-refractivity contribution in [2.45, 2.75) is 6.92 Å². The van der Waals surface area contributed by atoms with E-state index >= 15 is 0 Å². The summed E-state index contributed by atoms with van der Waals surface area (Å²) in [5, 5.41) is 2.63. The van der Waals surface area contributed by atoms with Crippen LogP contribution in [0, 0.1) is 6.92 Å². The Bertz CT molecular complexity index is 592. The molecule has 2 aromatic rings. The summed E-state index contributed by atoms with van der Waals surface area (Å²) in [6, 6.07) is 10.1. The number of nitrogens with zero attached hydrogens (tertiary/aromatic N) is 1. The third kappa shape index (κ3) is 3.91. The Kier molecular flexibility index (Phi) is 4.44. The average Bonchev–Trinajstić information content (AvgIpc) is 2.48. The Hall–Kier alpha value is -2.69. The summed E-state index contributed by atoms with van der Waals surface area (Å²) in [4.78, 5) is 26.2. The molecule has 0 aliphatic heterocycles. The molecule has 1 amide bonds. The van der Waals surface area contributed by atoms with Gasteiger partial charge in [-0.2, -0.15) is 0 Å². The van der Waals surface area contributed by atoms with Crippen LogP contribution in [0.5, 0.6) is 5.75 Å². The molecule has 0 unspecified atom stereocenters. The maximum Gasteiger partial charge on any atom is 0.263 e. The fraction of sp³-hybridized carbons (Fsp3) is 0.133. The van der Waals surface area contributed by atoms with Crippen molar-refractivity contribution in [2.24, 2.45) is 0 Å². The molecule has 5 heteroatoms. The van der Waals surface area contributed by atoms with E-state index in [1.807, 2.05) is 13.0 Å². The molecule has 0 aliphatic carbocycles. The lowest BCUT2D eigenvalue weighted by molar-refractivity contribution is -0.118. The number of anilines is 1. The number of aldehydes is 1. The minimum absolute atomic E-state index is 0.115. The zero-order chi connectivity index (χ0) is 14.4. The van der Waals surface area contributed by atoms with Gasteiger partial charge >= 0.3 is 0 Å². The average molecular weight is 270 g/mol. The van der Waals surface area contributed by atoms with Crippen LogP contribution in [-0.2, 0) is 4.79 Å². The van der Waals surface area contributed by atoms with Crippen molar-refractivity contribution in [1.82, 2.24) is 4.98 Å². The summed E-state index contributed by atoms with van der Waals surface area (Å²) in [5.41, 5.74) is 1.58. The van der Waals surface area contributed by atoms with Crippen LogP contribution in [0.25, 0.3) is 0 Å². The van der Waals surface area contributed by atoms with Crippen LogP contribution in [0.3, 0.4) is 0 Å². The minimum atomic E-state index is -0.291. The lowest BCUT2D eigenvalue weighted by atomic mass is 10.2. The van der Waals surface area contributed by atoms with E-state index in [1.165, 1.54) is 0 Å². The monoisotopic (exact) mass is 270 g/mol. The summed E-state index contributed by atoms with van der Waals surface area (Å²) >= 11 is 0. The Morgan fingerprint density at radius 2 is 2.00 bits per heavy atom. The van der Waals surface area contributed by atoms with E-state index in [9.17, 15) is 9.59 Å². The number of benzene rings is 1. The lowest BCUT2D eigenvalue weighted by Crippen LogP contribution is -2.20. The molecule has 0 aliphatic rings. The van der Waals surface area contributed by atoms with Crippen LogP contribution in [-0.4, -0.2) is 23.8 Å². The molecule has 0 saturated carbocycles. The number of aromatic nitrogens is 1. The maximum absolute atomic E-state index is 11.7. The number of hydrogen-bond acceptors (Lipinski definition) is 4. The second-order valence-electron chi connectivity index (χ2n) is 4.24. The maximum atomic E-state index is 11.7. The van der Waals surface area contributed by atoms with Gasteiger partial charge in [0.2, 0.25) is 0 Å². The highest BCUT2D eigenvalue weighted by Crippen LogP contribution is 2.11. The van der Waals surface area contributed by atoms with Crippen molar-refractivity contribution in [2.75, 3.05) is 11.9 Å². The minimum Gasteiger partial charge on any atom is -0.484 e. The predicted octanol–water partition coefficient (Wildman–Crippen LogP) is 2.22. The molecule has 0 saturated heterocycles. The molecule has 0 spiro atoms. The van der Waals surface area contributed by atoms with Gasteiger partial charge < -0.3 is 10.1 Å². The largest absolute Gasteiger partial charge is 0.484 e. The molecule has 0 radical (unpaired) electrons. The zero-order valence-electron chi connectivity index (χ0n) is 11.0. The summed E-state index contributed by atoms with van der Waals surface area (Å²) in [6.07, 6.45) is 2.42. The zero-order valence-corrected chi connectivity index (χ0v) is 11.0. The van der Waals surface area contributed by atoms with Crippen LogP contribution in [0.4, 0.5) is 5.82 Å². The Labute approximate surface area is 116 Å². The number of nitrogens with one attached hydrogen (secondary N) is 1. The number of ether oxygens (including phenoxy) is 1. The van der Waals surface area contributed by atoms with Crippen LogP contribution >= 0.6 is 0 Å². The fourth-order valence-electron chi connectivity index (χ4n) is 1.51. The molecule has 1 aromatic heterocycles. The van der Waals surface area contributed by atoms with Gasteiger partial charge in [0.25, 0.3) is 5.91 Å². The van der Waals surface area contributed by atoms with E-state index in [0.29, 0.717) is 17.1 Å². The van der Waals surface area contributed by atoms with Gasteiger partial charge in [0.1, 0.15) is 17.9 Å². The van der Waals surface area contributed by atoms with E-state index in [4.69, 9.17) is 4.74 Å². The van der Waals surface area contributed by atoms with Gasteiger partial charge in [-0.05, 0) is 42.8 Å². The van der Waals surface area contributed by atoms with Gasteiger partial charge in [-0.15, -0.1) is 0 Å². The molecular formula is C15H14N2O3. The van der Waals surface area contributed by atoms with Gasteiger partial charge in [0.05, 0.1) is 0 Å². The molecule has 1 aromatic carbocycles. The number of amides is 1. The number of rotatable bonds is 5. The topological polar surface area (TPSA) is 68.3 Å². The second kappa shape index (κ2) is 6.47. The highest BCUT2D eigenvalue weighted by Gasteiger charge is 2.04. The number of hydrogen-bond donors (Lipinski definition) is 1. The first-order valence-electron chi connectivity index (χ1n) is 6.08. The van der Waals surface area contributed by atoms with Crippen LogP contribution < -0.4 is 10.1 Å². The third-order valence-electron chi connectivity index (χ3n) is 2.56. The van der Waals surface area contributed by atoms with Gasteiger partial charge in [-0.1, -0.05) is 6.07 Å². The lowest BCUT2D eigenvalue weighted by Gasteiger charge is -2.07. The van der Waals surface area contributed by atoms with Gasteiger partial charge in [-0.3, -0.25) is 9.59 Å². The van der Waals surface area contributed by atoms with Crippen molar-refractivity contribution in [3.8, 4) is 5.75 Å². The van der Waals surface area contributed by atoms with E-state index in [1.54, 1.807) is 36.5 Å². The van der Waals surface area contributed by atoms with E-state index in [0.717, 1.165) is 11.8 Å². The standard InChI is InChI=1S/C15H14N2O3/c1-11-2-7-14(16-8-11)17-15(19)10-20-13-5-3-12(9-18)4-6-13/h2-9H,10H2,1H3,(H,16,17,19). The van der Waals surface area contributed by atoms with Gasteiger partial charge in [0, 0.05) is 11.8 Å². The molecule has 0 bridgehead atoms. The number of aryl methyl sites for hydroxylation is 1. The summed E-state index contributed by atoms with van der Waals surface area (Å²) in [5.74, 6) is 0.726. The Morgan fingerprint density at radius 1 is 1.25 bits per heavy atom. The molecule has 1 N–H and O–H groups in total. The van der Waals surface area contributed by atoms with Crippen LogP contribution in [0.15, 0.2) is 42.6 Å². The summed E-state index contributed by atoms with van der Waals surface area (Å²) < 4.78 is 5.31. The molecule has 5 nitrogen and oxygen atoms in total. The Balaban J connectivity index is 1.85. The van der Waals surface area contributed by atoms with Crippen molar-refractivity contribution in [1.29, 1.82) is 0 Å². The number of pyridine rings is 1. The van der Waals surface area contributed by atoms with Crippen LogP contribution in [0.2, 0.25) is 0 Å².